The molecule has 31 heavy (non-hydrogen) atoms. The van der Waals surface area contributed by atoms with E-state index in [-0.39, 0.29) is 18.6 Å². The molecule has 2 N–H and O–H groups in total. The molecule has 0 aliphatic heterocycles. The molecule has 12 heteroatoms. The van der Waals surface area contributed by atoms with Crippen LogP contribution in [0.1, 0.15) is 32.1 Å². The van der Waals surface area contributed by atoms with Crippen molar-refractivity contribution < 1.29 is 47.0 Å². The van der Waals surface area contributed by atoms with Crippen LogP contribution in [0.15, 0.2) is 0 Å². The Morgan fingerprint density at radius 2 is 1.52 bits per heavy atom. The maximum atomic E-state index is 11.8. The summed E-state index contributed by atoms with van der Waals surface area (Å²) in [6.45, 7) is 3.96. The number of hydrogen-bond donors (Lipinski definition) is 2. The Morgan fingerprint density at radius 3 is 2.19 bits per heavy atom. The van der Waals surface area contributed by atoms with Crippen molar-refractivity contribution in [3.63, 3.8) is 0 Å². The summed E-state index contributed by atoms with van der Waals surface area (Å²) >= 11 is 0. The van der Waals surface area contributed by atoms with Crippen LogP contribution in [0, 0.1) is 0 Å². The highest BCUT2D eigenvalue weighted by Crippen LogP contribution is 2.41. The fraction of sp³-hybridized carbons (Fsp3) is 0.947. The van der Waals surface area contributed by atoms with E-state index < -0.39 is 7.82 Å². The van der Waals surface area contributed by atoms with Crippen molar-refractivity contribution in [1.82, 2.24) is 5.32 Å². The van der Waals surface area contributed by atoms with Crippen LogP contribution >= 0.6 is 7.82 Å². The summed E-state index contributed by atoms with van der Waals surface area (Å²) in [5, 5.41) is 2.81. The predicted octanol–water partition coefficient (Wildman–Crippen LogP) is 1.53. The van der Waals surface area contributed by atoms with Gasteiger partial charge in [0.15, 0.2) is 0 Å². The number of ether oxygens (including phenoxy) is 5. The van der Waals surface area contributed by atoms with Crippen molar-refractivity contribution in [3.05, 3.63) is 0 Å². The van der Waals surface area contributed by atoms with Gasteiger partial charge in [-0.25, -0.2) is 4.57 Å². The van der Waals surface area contributed by atoms with Crippen LogP contribution in [0.5, 0.6) is 0 Å². The quantitative estimate of drug-likeness (QED) is 0.166. The van der Waals surface area contributed by atoms with Gasteiger partial charge in [0.1, 0.15) is 6.10 Å². The molecule has 0 aromatic rings. The lowest BCUT2D eigenvalue weighted by atomic mass is 10.2. The fourth-order valence-electron chi connectivity index (χ4n) is 2.28. The van der Waals surface area contributed by atoms with Crippen molar-refractivity contribution in [1.29, 1.82) is 0 Å². The Labute approximate surface area is 185 Å². The lowest BCUT2D eigenvalue weighted by Gasteiger charge is -2.18. The van der Waals surface area contributed by atoms with Crippen LogP contribution in [0.2, 0.25) is 0 Å². The van der Waals surface area contributed by atoms with E-state index in [9.17, 15) is 9.36 Å². The molecule has 0 rings (SSSR count). The van der Waals surface area contributed by atoms with Crippen LogP contribution in [0.3, 0.4) is 0 Å². The molecule has 0 aliphatic carbocycles. The third-order valence-corrected chi connectivity index (χ3v) is 4.97. The van der Waals surface area contributed by atoms with E-state index in [1.54, 1.807) is 14.2 Å². The zero-order valence-corrected chi connectivity index (χ0v) is 19.9. The molecule has 0 fully saturated rings. The Hall–Kier alpha value is -0.620. The molecule has 11 nitrogen and oxygen atoms in total. The normalized spacial score (nSPS) is 14.3. The second kappa shape index (κ2) is 21.2. The second-order valence-electron chi connectivity index (χ2n) is 6.63. The van der Waals surface area contributed by atoms with Crippen LogP contribution in [-0.2, 0) is 42.1 Å². The first-order chi connectivity index (χ1) is 14.9. The van der Waals surface area contributed by atoms with E-state index in [2.05, 4.69) is 9.84 Å². The van der Waals surface area contributed by atoms with Gasteiger partial charge in [0.2, 0.25) is 5.91 Å². The van der Waals surface area contributed by atoms with Gasteiger partial charge in [-0.1, -0.05) is 0 Å². The predicted molar refractivity (Wildman–Crippen MR) is 114 cm³/mol. The van der Waals surface area contributed by atoms with Gasteiger partial charge in [-0.05, 0) is 25.7 Å². The summed E-state index contributed by atoms with van der Waals surface area (Å²) < 4.78 is 46.8. The Balaban J connectivity index is 3.68. The van der Waals surface area contributed by atoms with Crippen LogP contribution in [0.4, 0.5) is 0 Å². The fourth-order valence-corrected chi connectivity index (χ4v) is 2.75. The number of hydrogen-bond acceptors (Lipinski definition) is 9. The minimum Gasteiger partial charge on any atom is -0.382 e. The molecule has 0 spiro atoms. The Bertz CT molecular complexity index is 469. The van der Waals surface area contributed by atoms with E-state index in [0.717, 1.165) is 20.0 Å². The molecule has 0 saturated heterocycles. The van der Waals surface area contributed by atoms with Gasteiger partial charge in [0.05, 0.1) is 46.2 Å². The number of nitrogens with one attached hydrogen (secondary N) is 1. The number of rotatable bonds is 23. The molecule has 0 bridgehead atoms. The first-order valence-electron chi connectivity index (χ1n) is 10.5. The van der Waals surface area contributed by atoms with E-state index in [0.29, 0.717) is 72.1 Å². The zero-order chi connectivity index (χ0) is 23.2. The third kappa shape index (κ3) is 21.0. The van der Waals surface area contributed by atoms with E-state index in [1.165, 1.54) is 0 Å². The van der Waals surface area contributed by atoms with E-state index in [1.807, 2.05) is 0 Å². The Kier molecular flexibility index (Phi) is 20.8. The number of unbranched alkanes of at least 4 members (excludes halogenated alkanes) is 2. The molecule has 0 radical (unpaired) electrons. The van der Waals surface area contributed by atoms with Gasteiger partial charge in [-0.2, -0.15) is 0 Å². The maximum absolute atomic E-state index is 11.8. The molecule has 2 unspecified atom stereocenters. The largest absolute Gasteiger partial charge is 0.471 e. The summed E-state index contributed by atoms with van der Waals surface area (Å²) in [4.78, 5) is 20.9. The van der Waals surface area contributed by atoms with Crippen molar-refractivity contribution >= 4 is 13.7 Å². The molecule has 2 atom stereocenters. The second-order valence-corrected chi connectivity index (χ2v) is 8.19. The van der Waals surface area contributed by atoms with Crippen molar-refractivity contribution in [2.24, 2.45) is 0 Å². The third-order valence-electron chi connectivity index (χ3n) is 4.00. The summed E-state index contributed by atoms with van der Waals surface area (Å²) in [6, 6.07) is 0. The minimum atomic E-state index is -3.91. The monoisotopic (exact) mass is 473 g/mol. The average Bonchev–Trinajstić information content (AvgIpc) is 2.75. The Morgan fingerprint density at radius 1 is 0.871 bits per heavy atom. The van der Waals surface area contributed by atoms with Gasteiger partial charge >= 0.3 is 7.82 Å². The highest BCUT2D eigenvalue weighted by molar-refractivity contribution is 7.47. The number of amides is 1. The summed E-state index contributed by atoms with van der Waals surface area (Å²) in [7, 11) is 0.437. The lowest BCUT2D eigenvalue weighted by Crippen LogP contribution is -2.28. The number of carbonyl (C=O) groups excluding carboxylic acids is 1. The number of carbonyl (C=O) groups is 1. The maximum Gasteiger partial charge on any atom is 0.471 e. The summed E-state index contributed by atoms with van der Waals surface area (Å²) in [5.41, 5.74) is 0. The topological polar surface area (TPSA) is 131 Å². The standard InChI is InChI=1S/C19H40NO10P/c1-24-12-14-28-17-18(29-15-13-25-2)16-27-10-6-4-8-19(21)20-9-5-7-11-30-31(22,23)26-3/h18H,4-17H2,1-3H3,(H,20,21)(H,22,23). The molecule has 0 aromatic heterocycles. The number of methoxy groups -OCH3 is 2. The highest BCUT2D eigenvalue weighted by Gasteiger charge is 2.17. The SMILES string of the molecule is COCCOCC(COCCCCC(=O)NCCCCOP(=O)(O)OC)OCCOC. The van der Waals surface area contributed by atoms with Crippen LogP contribution < -0.4 is 5.32 Å². The molecule has 1 amide bonds. The van der Waals surface area contributed by atoms with Crippen molar-refractivity contribution in [2.75, 3.05) is 80.7 Å². The number of phosphoric acid groups is 1. The van der Waals surface area contributed by atoms with Crippen molar-refractivity contribution in [3.8, 4) is 0 Å². The summed E-state index contributed by atoms with van der Waals surface area (Å²) in [5.74, 6) is -0.0297. The van der Waals surface area contributed by atoms with E-state index >= 15 is 0 Å². The molecule has 0 heterocycles. The number of phosphoric ester groups is 1. The van der Waals surface area contributed by atoms with Gasteiger partial charge in [-0.3, -0.25) is 13.8 Å². The first-order valence-corrected chi connectivity index (χ1v) is 12.0. The zero-order valence-electron chi connectivity index (χ0n) is 19.0. The smallest absolute Gasteiger partial charge is 0.382 e. The van der Waals surface area contributed by atoms with Gasteiger partial charge in [-0.15, -0.1) is 0 Å². The average molecular weight is 474 g/mol. The first kappa shape index (κ1) is 30.4. The molecule has 0 aliphatic rings. The van der Waals surface area contributed by atoms with Crippen LogP contribution in [0.25, 0.3) is 0 Å². The molecule has 186 valence electrons. The van der Waals surface area contributed by atoms with Gasteiger partial charge in [0, 0.05) is 40.9 Å². The van der Waals surface area contributed by atoms with Gasteiger partial charge in [0.25, 0.3) is 0 Å². The lowest BCUT2D eigenvalue weighted by molar-refractivity contribution is -0.121. The van der Waals surface area contributed by atoms with Crippen molar-refractivity contribution in [2.45, 2.75) is 38.2 Å². The van der Waals surface area contributed by atoms with Crippen LogP contribution in [-0.4, -0.2) is 97.6 Å². The molecule has 0 saturated carbocycles. The molecular formula is C19H40NO10P. The minimum absolute atomic E-state index is 0.0297. The van der Waals surface area contributed by atoms with Gasteiger partial charge < -0.3 is 33.9 Å². The highest BCUT2D eigenvalue weighted by atomic mass is 31.2. The molecular weight excluding hydrogens is 433 g/mol. The van der Waals surface area contributed by atoms with E-state index in [4.69, 9.17) is 33.1 Å². The molecule has 0 aromatic carbocycles. The summed E-state index contributed by atoms with van der Waals surface area (Å²) in [6.07, 6.45) is 2.92.